The highest BCUT2D eigenvalue weighted by molar-refractivity contribution is 7.89. The third-order valence-electron chi connectivity index (χ3n) is 3.61. The maximum absolute atomic E-state index is 13.2. The molecule has 118 valence electrons. The number of hydrogen-bond donors (Lipinski definition) is 1. The van der Waals surface area contributed by atoms with Crippen molar-refractivity contribution in [2.75, 3.05) is 0 Å². The van der Waals surface area contributed by atoms with Gasteiger partial charge in [-0.3, -0.25) is 0 Å². The molecule has 0 heterocycles. The minimum atomic E-state index is -3.69. The predicted octanol–water partition coefficient (Wildman–Crippen LogP) is 3.87. The molecule has 2 aromatic carbocycles. The average molecular weight is 321 g/mol. The molecule has 2 rings (SSSR count). The Kier molecular flexibility index (Phi) is 4.98. The highest BCUT2D eigenvalue weighted by Crippen LogP contribution is 2.22. The Labute approximate surface area is 131 Å². The van der Waals surface area contributed by atoms with Crippen molar-refractivity contribution in [2.24, 2.45) is 0 Å². The summed E-state index contributed by atoms with van der Waals surface area (Å²) >= 11 is 0. The number of benzene rings is 2. The van der Waals surface area contributed by atoms with Gasteiger partial charge in [-0.25, -0.2) is 17.5 Å². The molecule has 0 aromatic heterocycles. The Balaban J connectivity index is 2.31. The molecule has 0 amide bonds. The highest BCUT2D eigenvalue weighted by atomic mass is 32.2. The molecule has 0 fully saturated rings. The Morgan fingerprint density at radius 3 is 2.27 bits per heavy atom. The topological polar surface area (TPSA) is 46.2 Å². The van der Waals surface area contributed by atoms with Crippen LogP contribution in [-0.2, 0) is 10.0 Å². The SMILES string of the molecule is CCC(NS(=O)(=O)c1ccc(F)cc1C)c1ccc(C)cc1. The molecule has 1 atom stereocenters. The van der Waals surface area contributed by atoms with Crippen molar-refractivity contribution in [3.63, 3.8) is 0 Å². The first-order chi connectivity index (χ1) is 10.3. The van der Waals surface area contributed by atoms with Crippen LogP contribution in [0.25, 0.3) is 0 Å². The maximum Gasteiger partial charge on any atom is 0.241 e. The van der Waals surface area contributed by atoms with Crippen LogP contribution in [-0.4, -0.2) is 8.42 Å². The van der Waals surface area contributed by atoms with E-state index in [0.29, 0.717) is 12.0 Å². The number of sulfonamides is 1. The number of halogens is 1. The van der Waals surface area contributed by atoms with E-state index >= 15 is 0 Å². The fourth-order valence-corrected chi connectivity index (χ4v) is 3.89. The first-order valence-corrected chi connectivity index (χ1v) is 8.67. The quantitative estimate of drug-likeness (QED) is 0.908. The third-order valence-corrected chi connectivity index (χ3v) is 5.24. The van der Waals surface area contributed by atoms with Crippen molar-refractivity contribution >= 4 is 10.0 Å². The molecule has 0 saturated heterocycles. The summed E-state index contributed by atoms with van der Waals surface area (Å²) < 4.78 is 40.9. The van der Waals surface area contributed by atoms with E-state index in [1.54, 1.807) is 6.92 Å². The monoisotopic (exact) mass is 321 g/mol. The van der Waals surface area contributed by atoms with E-state index in [4.69, 9.17) is 0 Å². The van der Waals surface area contributed by atoms with Gasteiger partial charge in [0, 0.05) is 6.04 Å². The summed E-state index contributed by atoms with van der Waals surface area (Å²) in [5.74, 6) is -0.443. The molecule has 0 spiro atoms. The van der Waals surface area contributed by atoms with E-state index in [-0.39, 0.29) is 10.9 Å². The fraction of sp³-hybridized carbons (Fsp3) is 0.294. The van der Waals surface area contributed by atoms with E-state index in [1.165, 1.54) is 12.1 Å². The highest BCUT2D eigenvalue weighted by Gasteiger charge is 2.22. The first kappa shape index (κ1) is 16.6. The summed E-state index contributed by atoms with van der Waals surface area (Å²) in [5, 5.41) is 0. The second kappa shape index (κ2) is 6.58. The molecular weight excluding hydrogens is 301 g/mol. The minimum Gasteiger partial charge on any atom is -0.207 e. The summed E-state index contributed by atoms with van der Waals surface area (Å²) in [6, 6.07) is 11.1. The molecule has 0 radical (unpaired) electrons. The molecule has 0 bridgehead atoms. The zero-order valence-corrected chi connectivity index (χ0v) is 13.7. The second-order valence-corrected chi connectivity index (χ2v) is 7.09. The lowest BCUT2D eigenvalue weighted by Crippen LogP contribution is -2.28. The van der Waals surface area contributed by atoms with Crippen LogP contribution in [0.2, 0.25) is 0 Å². The fourth-order valence-electron chi connectivity index (χ4n) is 2.35. The Morgan fingerprint density at radius 1 is 1.09 bits per heavy atom. The molecule has 22 heavy (non-hydrogen) atoms. The van der Waals surface area contributed by atoms with Gasteiger partial charge in [0.25, 0.3) is 0 Å². The van der Waals surface area contributed by atoms with Gasteiger partial charge in [-0.1, -0.05) is 36.8 Å². The largest absolute Gasteiger partial charge is 0.241 e. The van der Waals surface area contributed by atoms with Gasteiger partial charge in [0.05, 0.1) is 4.90 Å². The van der Waals surface area contributed by atoms with Crippen LogP contribution in [0.4, 0.5) is 4.39 Å². The van der Waals surface area contributed by atoms with Gasteiger partial charge in [0.1, 0.15) is 5.82 Å². The van der Waals surface area contributed by atoms with Crippen LogP contribution in [0.1, 0.15) is 36.1 Å². The van der Waals surface area contributed by atoms with Crippen molar-refractivity contribution in [3.05, 3.63) is 65.0 Å². The smallest absolute Gasteiger partial charge is 0.207 e. The summed E-state index contributed by atoms with van der Waals surface area (Å²) in [6.45, 7) is 5.49. The Hall–Kier alpha value is -1.72. The van der Waals surface area contributed by atoms with Crippen LogP contribution >= 0.6 is 0 Å². The van der Waals surface area contributed by atoms with Crippen molar-refractivity contribution in [2.45, 2.75) is 38.1 Å². The molecular formula is C17H20FNO2S. The van der Waals surface area contributed by atoms with Crippen molar-refractivity contribution in [3.8, 4) is 0 Å². The maximum atomic E-state index is 13.2. The lowest BCUT2D eigenvalue weighted by molar-refractivity contribution is 0.549. The van der Waals surface area contributed by atoms with Gasteiger partial charge in [-0.15, -0.1) is 0 Å². The molecule has 0 aliphatic heterocycles. The van der Waals surface area contributed by atoms with Crippen LogP contribution < -0.4 is 4.72 Å². The standard InChI is InChI=1S/C17H20FNO2S/c1-4-16(14-7-5-12(2)6-8-14)19-22(20,21)17-10-9-15(18)11-13(17)3/h5-11,16,19H,4H2,1-3H3. The molecule has 1 unspecified atom stereocenters. The molecule has 3 nitrogen and oxygen atoms in total. The van der Waals surface area contributed by atoms with Gasteiger partial charge in [0.2, 0.25) is 10.0 Å². The van der Waals surface area contributed by atoms with Crippen molar-refractivity contribution < 1.29 is 12.8 Å². The molecule has 0 saturated carbocycles. The lowest BCUT2D eigenvalue weighted by Gasteiger charge is -2.18. The van der Waals surface area contributed by atoms with Gasteiger partial charge in [-0.05, 0) is 49.6 Å². The zero-order chi connectivity index (χ0) is 16.3. The Morgan fingerprint density at radius 2 is 1.73 bits per heavy atom. The number of hydrogen-bond acceptors (Lipinski definition) is 2. The van der Waals surface area contributed by atoms with Gasteiger partial charge >= 0.3 is 0 Å². The zero-order valence-electron chi connectivity index (χ0n) is 12.9. The number of rotatable bonds is 5. The third kappa shape index (κ3) is 3.72. The van der Waals surface area contributed by atoms with E-state index in [1.807, 2.05) is 38.1 Å². The normalized spacial score (nSPS) is 13.1. The molecule has 1 N–H and O–H groups in total. The summed E-state index contributed by atoms with van der Waals surface area (Å²) in [6.07, 6.45) is 0.628. The predicted molar refractivity (Wildman–Crippen MR) is 85.7 cm³/mol. The van der Waals surface area contributed by atoms with Gasteiger partial charge < -0.3 is 0 Å². The van der Waals surface area contributed by atoms with Gasteiger partial charge in [-0.2, -0.15) is 0 Å². The molecule has 0 aliphatic carbocycles. The average Bonchev–Trinajstić information content (AvgIpc) is 2.45. The molecule has 5 heteroatoms. The van der Waals surface area contributed by atoms with Crippen LogP contribution in [0.3, 0.4) is 0 Å². The van der Waals surface area contributed by atoms with E-state index in [0.717, 1.165) is 17.2 Å². The second-order valence-electron chi connectivity index (χ2n) is 5.40. The molecule has 0 aliphatic rings. The Bertz CT molecular complexity index is 755. The summed E-state index contributed by atoms with van der Waals surface area (Å²) in [7, 11) is -3.69. The van der Waals surface area contributed by atoms with Crippen LogP contribution in [0.15, 0.2) is 47.4 Å². The number of nitrogens with one attached hydrogen (secondary N) is 1. The van der Waals surface area contributed by atoms with E-state index in [9.17, 15) is 12.8 Å². The van der Waals surface area contributed by atoms with E-state index in [2.05, 4.69) is 4.72 Å². The molecule has 2 aromatic rings. The minimum absolute atomic E-state index is 0.111. The number of aryl methyl sites for hydroxylation is 2. The van der Waals surface area contributed by atoms with Crippen LogP contribution in [0, 0.1) is 19.7 Å². The van der Waals surface area contributed by atoms with Crippen molar-refractivity contribution in [1.82, 2.24) is 4.72 Å². The van der Waals surface area contributed by atoms with E-state index < -0.39 is 15.8 Å². The lowest BCUT2D eigenvalue weighted by atomic mass is 10.0. The van der Waals surface area contributed by atoms with Gasteiger partial charge in [0.15, 0.2) is 0 Å². The van der Waals surface area contributed by atoms with Crippen molar-refractivity contribution in [1.29, 1.82) is 0 Å². The first-order valence-electron chi connectivity index (χ1n) is 7.18. The summed E-state index contributed by atoms with van der Waals surface area (Å²) in [4.78, 5) is 0.111. The summed E-state index contributed by atoms with van der Waals surface area (Å²) in [5.41, 5.74) is 2.43. The van der Waals surface area contributed by atoms with Crippen LogP contribution in [0.5, 0.6) is 0 Å².